The molecule has 0 saturated carbocycles. The minimum atomic E-state index is -0.804. The van der Waals surface area contributed by atoms with Crippen molar-refractivity contribution in [2.45, 2.75) is 13.0 Å². The van der Waals surface area contributed by atoms with Crippen molar-refractivity contribution in [3.63, 3.8) is 0 Å². The Balaban J connectivity index is 1.91. The van der Waals surface area contributed by atoms with Gasteiger partial charge < -0.3 is 19.6 Å². The summed E-state index contributed by atoms with van der Waals surface area (Å²) in [6, 6.07) is 2.80. The maximum atomic E-state index is 12.1. The van der Waals surface area contributed by atoms with Crippen LogP contribution in [0.1, 0.15) is 11.8 Å². The number of furan rings is 1. The molecular weight excluding hydrogens is 354 g/mol. The van der Waals surface area contributed by atoms with Gasteiger partial charge >= 0.3 is 5.97 Å². The fraction of sp³-hybridized carbons (Fsp3) is 0.312. The van der Waals surface area contributed by atoms with Gasteiger partial charge in [0.1, 0.15) is 5.76 Å². The summed E-state index contributed by atoms with van der Waals surface area (Å²) in [5.41, 5.74) is 6.89. The van der Waals surface area contributed by atoms with Crippen molar-refractivity contribution in [1.29, 1.82) is 0 Å². The van der Waals surface area contributed by atoms with Crippen LogP contribution in [0.3, 0.4) is 0 Å². The van der Waals surface area contributed by atoms with Gasteiger partial charge in [0.05, 0.1) is 25.3 Å². The Morgan fingerprint density at radius 1 is 1.30 bits per heavy atom. The zero-order chi connectivity index (χ0) is 19.1. The number of nitrogens with zero attached hydrogens (tertiary/aromatic N) is 6. The fourth-order valence-electron chi connectivity index (χ4n) is 2.85. The summed E-state index contributed by atoms with van der Waals surface area (Å²) in [7, 11) is 2.78. The average Bonchev–Trinajstić information content (AvgIpc) is 3.36. The third-order valence-corrected chi connectivity index (χ3v) is 4.11. The molecule has 0 radical (unpaired) electrons. The zero-order valence-electron chi connectivity index (χ0n) is 14.9. The summed E-state index contributed by atoms with van der Waals surface area (Å²) in [5, 5.41) is 9.21. The summed E-state index contributed by atoms with van der Waals surface area (Å²) < 4.78 is 18.3. The van der Waals surface area contributed by atoms with E-state index in [1.165, 1.54) is 23.4 Å². The molecule has 0 amide bonds. The topological polar surface area (TPSA) is 136 Å². The summed E-state index contributed by atoms with van der Waals surface area (Å²) in [4.78, 5) is 21.0. The molecule has 11 heteroatoms. The number of nitrogens with two attached hydrogens (primary N) is 1. The van der Waals surface area contributed by atoms with E-state index >= 15 is 0 Å². The largest absolute Gasteiger partial charge is 0.467 e. The zero-order valence-corrected chi connectivity index (χ0v) is 14.9. The van der Waals surface area contributed by atoms with Crippen LogP contribution in [0.15, 0.2) is 22.7 Å². The van der Waals surface area contributed by atoms with Gasteiger partial charge in [-0.1, -0.05) is 0 Å². The van der Waals surface area contributed by atoms with E-state index in [2.05, 4.69) is 20.2 Å². The van der Waals surface area contributed by atoms with E-state index < -0.39 is 12.0 Å². The van der Waals surface area contributed by atoms with E-state index in [-0.39, 0.29) is 12.6 Å². The van der Waals surface area contributed by atoms with Gasteiger partial charge in [-0.25, -0.2) is 14.5 Å². The average molecular weight is 371 g/mol. The smallest absolute Gasteiger partial charge is 0.333 e. The van der Waals surface area contributed by atoms with E-state index in [0.29, 0.717) is 28.3 Å². The third kappa shape index (κ3) is 2.68. The summed E-state index contributed by atoms with van der Waals surface area (Å²) in [5.74, 6) is 1.23. The standard InChI is InChI=1S/C16H17N7O4/c1-8-4-5-11(27-8)12-19-13-9-6-18-22(10(7-25-2)15(24)26-3)14(9)20-16(17)23(13)21-12/h4-6,10H,7H2,1-3H3,(H2,17,20). The van der Waals surface area contributed by atoms with Gasteiger partial charge in [0.15, 0.2) is 23.1 Å². The van der Waals surface area contributed by atoms with E-state index in [1.807, 2.05) is 13.0 Å². The fourth-order valence-corrected chi connectivity index (χ4v) is 2.85. The van der Waals surface area contributed by atoms with Crippen LogP contribution in [0.4, 0.5) is 5.95 Å². The van der Waals surface area contributed by atoms with Crippen molar-refractivity contribution in [2.24, 2.45) is 0 Å². The predicted molar refractivity (Wildman–Crippen MR) is 93.9 cm³/mol. The highest BCUT2D eigenvalue weighted by molar-refractivity contribution is 5.91. The molecular formula is C16H17N7O4. The summed E-state index contributed by atoms with van der Waals surface area (Å²) >= 11 is 0. The van der Waals surface area contributed by atoms with Crippen molar-refractivity contribution in [3.8, 4) is 11.6 Å². The summed E-state index contributed by atoms with van der Waals surface area (Å²) in [6.07, 6.45) is 1.55. The Bertz CT molecular complexity index is 1140. The number of aryl methyl sites for hydroxylation is 1. The molecule has 0 fully saturated rings. The lowest BCUT2D eigenvalue weighted by Crippen LogP contribution is -2.26. The van der Waals surface area contributed by atoms with Crippen LogP contribution in [0, 0.1) is 6.92 Å². The molecule has 0 bridgehead atoms. The highest BCUT2D eigenvalue weighted by atomic mass is 16.5. The molecule has 4 heterocycles. The van der Waals surface area contributed by atoms with Crippen molar-refractivity contribution in [2.75, 3.05) is 26.6 Å². The van der Waals surface area contributed by atoms with Crippen LogP contribution < -0.4 is 5.73 Å². The predicted octanol–water partition coefficient (Wildman–Crippen LogP) is 0.985. The highest BCUT2D eigenvalue weighted by Gasteiger charge is 2.26. The number of aromatic nitrogens is 6. The van der Waals surface area contributed by atoms with Crippen molar-refractivity contribution < 1.29 is 18.7 Å². The lowest BCUT2D eigenvalue weighted by atomic mass is 10.3. The molecule has 1 atom stereocenters. The molecule has 0 saturated heterocycles. The molecule has 1 unspecified atom stereocenters. The molecule has 0 aliphatic carbocycles. The van der Waals surface area contributed by atoms with Crippen molar-refractivity contribution in [3.05, 3.63) is 24.1 Å². The second-order valence-electron chi connectivity index (χ2n) is 5.87. The molecule has 11 nitrogen and oxygen atoms in total. The highest BCUT2D eigenvalue weighted by Crippen LogP contribution is 2.26. The van der Waals surface area contributed by atoms with Gasteiger partial charge in [0.25, 0.3) is 0 Å². The van der Waals surface area contributed by atoms with Crippen LogP contribution in [0.2, 0.25) is 0 Å². The first-order chi connectivity index (χ1) is 13.0. The first-order valence-electron chi connectivity index (χ1n) is 8.06. The number of rotatable bonds is 5. The SMILES string of the molecule is COCC(C(=O)OC)n1ncc2c1nc(N)n1nc(-c3ccc(C)o3)nc21. The Morgan fingerprint density at radius 2 is 2.11 bits per heavy atom. The van der Waals surface area contributed by atoms with Crippen LogP contribution in [-0.4, -0.2) is 56.2 Å². The van der Waals surface area contributed by atoms with Crippen LogP contribution >= 0.6 is 0 Å². The van der Waals surface area contributed by atoms with E-state index in [1.54, 1.807) is 12.3 Å². The normalized spacial score (nSPS) is 12.7. The second-order valence-corrected chi connectivity index (χ2v) is 5.87. The number of carbonyl (C=O) groups excluding carboxylic acids is 1. The summed E-state index contributed by atoms with van der Waals surface area (Å²) in [6.45, 7) is 1.90. The van der Waals surface area contributed by atoms with Gasteiger partial charge in [-0.05, 0) is 19.1 Å². The van der Waals surface area contributed by atoms with Gasteiger partial charge in [0, 0.05) is 7.11 Å². The number of hydrogen-bond acceptors (Lipinski definition) is 9. The Hall–Kier alpha value is -3.47. The second kappa shape index (κ2) is 6.36. The Kier molecular flexibility index (Phi) is 4.00. The molecule has 0 aromatic carbocycles. The van der Waals surface area contributed by atoms with Crippen molar-refractivity contribution >= 4 is 28.6 Å². The molecule has 4 aromatic rings. The molecule has 2 N–H and O–H groups in total. The number of ether oxygens (including phenoxy) is 2. The maximum Gasteiger partial charge on any atom is 0.333 e. The number of methoxy groups -OCH3 is 2. The monoisotopic (exact) mass is 371 g/mol. The van der Waals surface area contributed by atoms with Crippen LogP contribution in [0.5, 0.6) is 0 Å². The molecule has 0 spiro atoms. The molecule has 27 heavy (non-hydrogen) atoms. The lowest BCUT2D eigenvalue weighted by Gasteiger charge is -2.14. The van der Waals surface area contributed by atoms with E-state index in [0.717, 1.165) is 5.76 Å². The number of hydrogen-bond donors (Lipinski definition) is 1. The molecule has 4 aromatic heterocycles. The Labute approximate surface area is 152 Å². The number of carbonyl (C=O) groups is 1. The van der Waals surface area contributed by atoms with Gasteiger partial charge in [-0.3, -0.25) is 0 Å². The van der Waals surface area contributed by atoms with Crippen LogP contribution in [-0.2, 0) is 14.3 Å². The quantitative estimate of drug-likeness (QED) is 0.509. The number of anilines is 1. The van der Waals surface area contributed by atoms with Gasteiger partial charge in [-0.2, -0.15) is 14.6 Å². The first kappa shape index (κ1) is 17.0. The number of esters is 1. The third-order valence-electron chi connectivity index (χ3n) is 4.11. The van der Waals surface area contributed by atoms with Crippen LogP contribution in [0.25, 0.3) is 28.3 Å². The van der Waals surface area contributed by atoms with Gasteiger partial charge in [0.2, 0.25) is 11.8 Å². The van der Waals surface area contributed by atoms with Gasteiger partial charge in [-0.15, -0.1) is 5.10 Å². The molecule has 0 aliphatic heterocycles. The molecule has 140 valence electrons. The van der Waals surface area contributed by atoms with E-state index in [9.17, 15) is 4.79 Å². The molecule has 4 rings (SSSR count). The molecule has 0 aliphatic rings. The van der Waals surface area contributed by atoms with Crippen molar-refractivity contribution in [1.82, 2.24) is 29.4 Å². The lowest BCUT2D eigenvalue weighted by molar-refractivity contribution is -0.146. The Morgan fingerprint density at radius 3 is 2.78 bits per heavy atom. The minimum absolute atomic E-state index is 0.0693. The number of nitrogen functional groups attached to an aromatic ring is 1. The maximum absolute atomic E-state index is 12.1. The number of fused-ring (bicyclic) bond motifs is 3. The first-order valence-corrected chi connectivity index (χ1v) is 8.06. The van der Waals surface area contributed by atoms with E-state index in [4.69, 9.17) is 19.6 Å². The minimum Gasteiger partial charge on any atom is -0.467 e.